The Morgan fingerprint density at radius 2 is 1.83 bits per heavy atom. The molecule has 6 N–H and O–H groups in total. The highest BCUT2D eigenvalue weighted by atomic mass is 16.8. The van der Waals surface area contributed by atoms with E-state index in [0.29, 0.717) is 0 Å². The molecule has 0 aromatic heterocycles. The zero-order chi connectivity index (χ0) is 25.4. The second-order valence-corrected chi connectivity index (χ2v) is 9.20. The summed E-state index contributed by atoms with van der Waals surface area (Å²) in [5, 5.41) is 61.7. The first-order valence-corrected chi connectivity index (χ1v) is 11.2. The molecule has 192 valence electrons. The van der Waals surface area contributed by atoms with Crippen molar-refractivity contribution in [1.82, 2.24) is 0 Å². The molecule has 0 bridgehead atoms. The number of hydrogen-bond acceptors (Lipinski definition) is 11. The second-order valence-electron chi connectivity index (χ2n) is 9.20. The third-order valence-corrected chi connectivity index (χ3v) is 6.77. The minimum Gasteiger partial charge on any atom is -0.472 e. The topological polar surface area (TPSA) is 175 Å². The number of hydrogen-bond donors (Lipinski definition) is 6. The van der Waals surface area contributed by atoms with Crippen molar-refractivity contribution in [2.45, 2.75) is 67.6 Å². The van der Waals surface area contributed by atoms with Gasteiger partial charge in [-0.2, -0.15) is 0 Å². The lowest BCUT2D eigenvalue weighted by atomic mass is 9.81. The molecule has 11 nitrogen and oxygen atoms in total. The molecule has 0 spiro atoms. The van der Waals surface area contributed by atoms with E-state index in [1.54, 1.807) is 18.2 Å². The number of carbonyl (C=O) groups excluding carboxylic acids is 1. The molecule has 35 heavy (non-hydrogen) atoms. The van der Waals surface area contributed by atoms with Gasteiger partial charge in [-0.1, -0.05) is 30.3 Å². The number of ether oxygens (including phenoxy) is 4. The van der Waals surface area contributed by atoms with Crippen LogP contribution in [0.4, 0.5) is 0 Å². The zero-order valence-electron chi connectivity index (χ0n) is 19.0. The Labute approximate surface area is 201 Å². The first-order chi connectivity index (χ1) is 16.6. The van der Waals surface area contributed by atoms with Crippen LogP contribution in [0.15, 0.2) is 48.7 Å². The molecule has 1 saturated carbocycles. The van der Waals surface area contributed by atoms with Gasteiger partial charge in [0.25, 0.3) is 0 Å². The molecule has 1 aromatic carbocycles. The average molecular weight is 494 g/mol. The molecule has 4 rings (SSSR count). The molecule has 5 unspecified atom stereocenters. The van der Waals surface area contributed by atoms with Gasteiger partial charge < -0.3 is 49.6 Å². The van der Waals surface area contributed by atoms with Gasteiger partial charge in [-0.3, -0.25) is 0 Å². The van der Waals surface area contributed by atoms with Crippen LogP contribution in [0.3, 0.4) is 0 Å². The lowest BCUT2D eigenvalue weighted by molar-refractivity contribution is -0.351. The van der Waals surface area contributed by atoms with Crippen molar-refractivity contribution in [2.24, 2.45) is 5.92 Å². The van der Waals surface area contributed by atoms with E-state index in [1.165, 1.54) is 19.1 Å². The van der Waals surface area contributed by atoms with Crippen LogP contribution >= 0.6 is 0 Å². The lowest BCUT2D eigenvalue weighted by Gasteiger charge is -2.45. The van der Waals surface area contributed by atoms with Crippen molar-refractivity contribution in [3.05, 3.63) is 54.3 Å². The number of fused-ring (bicyclic) bond motifs is 1. The van der Waals surface area contributed by atoms with Crippen LogP contribution in [-0.4, -0.2) is 97.5 Å². The lowest BCUT2D eigenvalue weighted by Crippen LogP contribution is -2.62. The SMILES string of the molecule is CC1(OC(=O)/C=C/c2ccccc2)C[C@@H](O)[C@]2(O)C=COC(O[C@@H]3OC(CO)[C@H](O)C(O)C3O)[C@H]12. The van der Waals surface area contributed by atoms with E-state index < -0.39 is 72.8 Å². The van der Waals surface area contributed by atoms with E-state index in [2.05, 4.69) is 0 Å². The highest BCUT2D eigenvalue weighted by Crippen LogP contribution is 2.51. The Hall–Kier alpha value is -2.35. The summed E-state index contributed by atoms with van der Waals surface area (Å²) >= 11 is 0. The van der Waals surface area contributed by atoms with Crippen LogP contribution in [0, 0.1) is 5.92 Å². The van der Waals surface area contributed by atoms with E-state index in [1.807, 2.05) is 18.2 Å². The highest BCUT2D eigenvalue weighted by Gasteiger charge is 2.66. The predicted octanol–water partition coefficient (Wildman–Crippen LogP) is -1.20. The molecule has 0 radical (unpaired) electrons. The summed E-state index contributed by atoms with van der Waals surface area (Å²) in [4.78, 5) is 12.6. The van der Waals surface area contributed by atoms with E-state index in [0.717, 1.165) is 11.8 Å². The predicted molar refractivity (Wildman–Crippen MR) is 118 cm³/mol. The standard InChI is InChI=1S/C24H30O11/c1-23(35-16(27)8-7-13-5-3-2-4-6-13)11-15(26)24(31)9-10-32-22(20(23)24)34-21-19(30)18(29)17(28)14(12-25)33-21/h2-10,14-15,17-22,25-26,28-31H,11-12H2,1H3/b8-7+/t14?,15-,17+,18?,19?,20-,21+,22?,23?,24-/m1/s1. The number of carbonyl (C=O) groups is 1. The van der Waals surface area contributed by atoms with Gasteiger partial charge in [0, 0.05) is 12.5 Å². The summed E-state index contributed by atoms with van der Waals surface area (Å²) in [5.41, 5.74) is -2.62. The number of esters is 1. The quantitative estimate of drug-likeness (QED) is 0.207. The minimum absolute atomic E-state index is 0.151. The number of aliphatic hydroxyl groups excluding tert-OH is 5. The molecule has 0 amide bonds. The Kier molecular flexibility index (Phi) is 7.32. The molecule has 2 fully saturated rings. The Morgan fingerprint density at radius 1 is 1.11 bits per heavy atom. The van der Waals surface area contributed by atoms with Gasteiger partial charge in [0.2, 0.25) is 6.29 Å². The van der Waals surface area contributed by atoms with Crippen LogP contribution in [0.5, 0.6) is 0 Å². The molecule has 2 heterocycles. The normalized spacial score (nSPS) is 43.1. The van der Waals surface area contributed by atoms with Crippen molar-refractivity contribution in [3.63, 3.8) is 0 Å². The first kappa shape index (κ1) is 25.7. The molecular weight excluding hydrogens is 464 g/mol. The number of rotatable bonds is 6. The molecular formula is C24H30O11. The fraction of sp³-hybridized carbons (Fsp3) is 0.542. The molecule has 1 aliphatic carbocycles. The van der Waals surface area contributed by atoms with Crippen molar-refractivity contribution < 1.29 is 54.4 Å². The second kappa shape index (κ2) is 9.96. The van der Waals surface area contributed by atoms with E-state index in [9.17, 15) is 35.4 Å². The first-order valence-electron chi connectivity index (χ1n) is 11.2. The summed E-state index contributed by atoms with van der Waals surface area (Å²) in [6.45, 7) is 0.852. The van der Waals surface area contributed by atoms with Gasteiger partial charge in [0.1, 0.15) is 35.6 Å². The number of benzene rings is 1. The van der Waals surface area contributed by atoms with Crippen LogP contribution in [0.25, 0.3) is 6.08 Å². The van der Waals surface area contributed by atoms with E-state index in [-0.39, 0.29) is 6.42 Å². The molecule has 10 atom stereocenters. The van der Waals surface area contributed by atoms with Crippen molar-refractivity contribution in [2.75, 3.05) is 6.61 Å². The fourth-order valence-electron chi connectivity index (χ4n) is 4.92. The van der Waals surface area contributed by atoms with Gasteiger partial charge in [-0.25, -0.2) is 4.79 Å². The molecule has 1 saturated heterocycles. The van der Waals surface area contributed by atoms with Crippen LogP contribution < -0.4 is 0 Å². The number of aliphatic hydroxyl groups is 6. The summed E-state index contributed by atoms with van der Waals surface area (Å²) in [6.07, 6.45) is -5.57. The molecule has 1 aromatic rings. The highest BCUT2D eigenvalue weighted by molar-refractivity contribution is 5.87. The Morgan fingerprint density at radius 3 is 2.51 bits per heavy atom. The summed E-state index contributed by atoms with van der Waals surface area (Å²) in [5.74, 6) is -1.90. The van der Waals surface area contributed by atoms with Crippen LogP contribution in [0.1, 0.15) is 18.9 Å². The third-order valence-electron chi connectivity index (χ3n) is 6.77. The van der Waals surface area contributed by atoms with Gasteiger partial charge >= 0.3 is 5.97 Å². The smallest absolute Gasteiger partial charge is 0.331 e. The van der Waals surface area contributed by atoms with Crippen LogP contribution in [0.2, 0.25) is 0 Å². The molecule has 3 aliphatic rings. The largest absolute Gasteiger partial charge is 0.472 e. The fourth-order valence-corrected chi connectivity index (χ4v) is 4.92. The van der Waals surface area contributed by atoms with E-state index >= 15 is 0 Å². The molecule has 11 heteroatoms. The monoisotopic (exact) mass is 494 g/mol. The summed E-state index contributed by atoms with van der Waals surface area (Å²) in [7, 11) is 0. The van der Waals surface area contributed by atoms with Crippen molar-refractivity contribution in [3.8, 4) is 0 Å². The Balaban J connectivity index is 1.55. The maximum atomic E-state index is 12.6. The van der Waals surface area contributed by atoms with Gasteiger partial charge in [-0.05, 0) is 24.6 Å². The maximum Gasteiger partial charge on any atom is 0.331 e. The van der Waals surface area contributed by atoms with E-state index in [4.69, 9.17) is 18.9 Å². The zero-order valence-corrected chi connectivity index (χ0v) is 19.0. The van der Waals surface area contributed by atoms with Crippen LogP contribution in [-0.2, 0) is 23.7 Å². The average Bonchev–Trinajstić information content (AvgIpc) is 3.03. The maximum absolute atomic E-state index is 12.6. The third kappa shape index (κ3) is 4.86. The van der Waals surface area contributed by atoms with Gasteiger partial charge in [-0.15, -0.1) is 0 Å². The Bertz CT molecular complexity index is 950. The van der Waals surface area contributed by atoms with Gasteiger partial charge in [0.15, 0.2) is 6.29 Å². The summed E-state index contributed by atoms with van der Waals surface area (Å²) in [6, 6.07) is 9.06. The minimum atomic E-state index is -1.91. The van der Waals surface area contributed by atoms with Gasteiger partial charge in [0.05, 0.1) is 24.9 Å². The summed E-state index contributed by atoms with van der Waals surface area (Å²) < 4.78 is 22.3. The molecule has 2 aliphatic heterocycles. The van der Waals surface area contributed by atoms with Crippen molar-refractivity contribution in [1.29, 1.82) is 0 Å². The van der Waals surface area contributed by atoms with Crippen molar-refractivity contribution >= 4 is 12.0 Å².